The number of benzene rings is 2. The van der Waals surface area contributed by atoms with Crippen molar-refractivity contribution >= 4 is 17.1 Å². The molecule has 2 rings (SSSR count). The largest absolute Gasteiger partial charge is 0.397 e. The average molecular weight is 256 g/mol. The van der Waals surface area contributed by atoms with E-state index in [1.165, 1.54) is 12.1 Å². The van der Waals surface area contributed by atoms with E-state index in [0.717, 1.165) is 18.2 Å². The van der Waals surface area contributed by atoms with E-state index in [2.05, 4.69) is 5.32 Å². The van der Waals surface area contributed by atoms with Gasteiger partial charge in [-0.2, -0.15) is 0 Å². The number of anilines is 3. The standard InChI is InChI=1S/C12H8F4N2/c13-6-2-1-3-9(10(6)15)18-12-8(17)5-4-7(14)11(12)16/h1-5,18H,17H2. The van der Waals surface area contributed by atoms with Crippen LogP contribution in [-0.2, 0) is 0 Å². The summed E-state index contributed by atoms with van der Waals surface area (Å²) in [6.07, 6.45) is 0. The Bertz CT molecular complexity index is 599. The normalized spacial score (nSPS) is 10.4. The Balaban J connectivity index is 2.46. The summed E-state index contributed by atoms with van der Waals surface area (Å²) in [5, 5.41) is 2.24. The van der Waals surface area contributed by atoms with E-state index < -0.39 is 29.0 Å². The first kappa shape index (κ1) is 12.2. The molecular formula is C12H8F4N2. The third kappa shape index (κ3) is 2.09. The lowest BCUT2D eigenvalue weighted by Gasteiger charge is -2.11. The summed E-state index contributed by atoms with van der Waals surface area (Å²) in [4.78, 5) is 0. The van der Waals surface area contributed by atoms with Crippen LogP contribution in [0.25, 0.3) is 0 Å². The molecule has 0 spiro atoms. The van der Waals surface area contributed by atoms with Crippen LogP contribution in [0.1, 0.15) is 0 Å². The Morgan fingerprint density at radius 3 is 2.22 bits per heavy atom. The number of hydrogen-bond donors (Lipinski definition) is 2. The monoisotopic (exact) mass is 256 g/mol. The van der Waals surface area contributed by atoms with Crippen LogP contribution in [0.2, 0.25) is 0 Å². The van der Waals surface area contributed by atoms with Crippen molar-refractivity contribution in [3.8, 4) is 0 Å². The molecule has 2 aromatic carbocycles. The molecule has 2 nitrogen and oxygen atoms in total. The number of halogens is 4. The van der Waals surface area contributed by atoms with Gasteiger partial charge in [-0.25, -0.2) is 17.6 Å². The van der Waals surface area contributed by atoms with E-state index >= 15 is 0 Å². The van der Waals surface area contributed by atoms with Crippen LogP contribution in [0.15, 0.2) is 30.3 Å². The number of nitrogens with two attached hydrogens (primary N) is 1. The van der Waals surface area contributed by atoms with Crippen LogP contribution in [0.5, 0.6) is 0 Å². The van der Waals surface area contributed by atoms with E-state index in [-0.39, 0.29) is 11.4 Å². The summed E-state index contributed by atoms with van der Waals surface area (Å²) >= 11 is 0. The minimum atomic E-state index is -1.25. The van der Waals surface area contributed by atoms with Gasteiger partial charge in [-0.3, -0.25) is 0 Å². The lowest BCUT2D eigenvalue weighted by Crippen LogP contribution is -2.03. The van der Waals surface area contributed by atoms with Crippen LogP contribution >= 0.6 is 0 Å². The molecule has 3 N–H and O–H groups in total. The van der Waals surface area contributed by atoms with E-state index in [9.17, 15) is 17.6 Å². The molecule has 94 valence electrons. The maximum absolute atomic E-state index is 13.4. The molecule has 0 aliphatic rings. The number of nitrogen functional groups attached to an aromatic ring is 1. The van der Waals surface area contributed by atoms with Crippen LogP contribution < -0.4 is 11.1 Å². The van der Waals surface area contributed by atoms with E-state index in [1.807, 2.05) is 0 Å². The second-order valence-corrected chi connectivity index (χ2v) is 3.55. The summed E-state index contributed by atoms with van der Waals surface area (Å²) in [5.41, 5.74) is 4.57. The Hall–Kier alpha value is -2.24. The van der Waals surface area contributed by atoms with Crippen LogP contribution in [-0.4, -0.2) is 0 Å². The smallest absolute Gasteiger partial charge is 0.184 e. The van der Waals surface area contributed by atoms with E-state index in [4.69, 9.17) is 5.73 Å². The Morgan fingerprint density at radius 1 is 0.833 bits per heavy atom. The zero-order chi connectivity index (χ0) is 13.3. The highest BCUT2D eigenvalue weighted by Crippen LogP contribution is 2.29. The van der Waals surface area contributed by atoms with Crippen LogP contribution in [0.4, 0.5) is 34.6 Å². The number of rotatable bonds is 2. The fourth-order valence-electron chi connectivity index (χ4n) is 1.43. The second kappa shape index (κ2) is 4.56. The molecule has 0 amide bonds. The number of nitrogens with one attached hydrogen (secondary N) is 1. The molecular weight excluding hydrogens is 248 g/mol. The van der Waals surface area contributed by atoms with Crippen LogP contribution in [0, 0.1) is 23.3 Å². The molecule has 0 unspecified atom stereocenters. The molecule has 6 heteroatoms. The Morgan fingerprint density at radius 2 is 1.50 bits per heavy atom. The minimum Gasteiger partial charge on any atom is -0.397 e. The number of hydrogen-bond acceptors (Lipinski definition) is 2. The van der Waals surface area contributed by atoms with E-state index in [1.54, 1.807) is 0 Å². The predicted molar refractivity (Wildman–Crippen MR) is 60.4 cm³/mol. The fraction of sp³-hybridized carbons (Fsp3) is 0. The zero-order valence-electron chi connectivity index (χ0n) is 8.98. The molecule has 18 heavy (non-hydrogen) atoms. The van der Waals surface area contributed by atoms with Gasteiger partial charge in [0.05, 0.1) is 11.4 Å². The van der Waals surface area contributed by atoms with Gasteiger partial charge < -0.3 is 11.1 Å². The molecule has 0 bridgehead atoms. The van der Waals surface area contributed by atoms with Gasteiger partial charge in [0.1, 0.15) is 5.69 Å². The first-order valence-electron chi connectivity index (χ1n) is 4.95. The highest BCUT2D eigenvalue weighted by molar-refractivity contribution is 5.73. The van der Waals surface area contributed by atoms with Crippen molar-refractivity contribution in [1.29, 1.82) is 0 Å². The summed E-state index contributed by atoms with van der Waals surface area (Å²) in [7, 11) is 0. The van der Waals surface area contributed by atoms with Gasteiger partial charge in [-0.05, 0) is 24.3 Å². The minimum absolute atomic E-state index is 0.113. The van der Waals surface area contributed by atoms with Crippen molar-refractivity contribution < 1.29 is 17.6 Å². The molecule has 2 aromatic rings. The maximum Gasteiger partial charge on any atom is 0.184 e. The van der Waals surface area contributed by atoms with Gasteiger partial charge >= 0.3 is 0 Å². The first-order chi connectivity index (χ1) is 8.50. The maximum atomic E-state index is 13.4. The van der Waals surface area contributed by atoms with E-state index in [0.29, 0.717) is 0 Å². The second-order valence-electron chi connectivity index (χ2n) is 3.55. The summed E-state index contributed by atoms with van der Waals surface area (Å²) in [5.74, 6) is -4.68. The average Bonchev–Trinajstić information content (AvgIpc) is 2.35. The topological polar surface area (TPSA) is 38.0 Å². The predicted octanol–water partition coefficient (Wildman–Crippen LogP) is 3.57. The molecule has 0 saturated heterocycles. The van der Waals surface area contributed by atoms with Crippen molar-refractivity contribution in [3.05, 3.63) is 53.6 Å². The van der Waals surface area contributed by atoms with Crippen molar-refractivity contribution in [3.63, 3.8) is 0 Å². The van der Waals surface area contributed by atoms with Gasteiger partial charge in [-0.15, -0.1) is 0 Å². The molecule has 0 fully saturated rings. The van der Waals surface area contributed by atoms with Gasteiger partial charge in [0.15, 0.2) is 23.3 Å². The molecule has 0 radical (unpaired) electrons. The highest BCUT2D eigenvalue weighted by Gasteiger charge is 2.15. The van der Waals surface area contributed by atoms with Crippen molar-refractivity contribution in [1.82, 2.24) is 0 Å². The molecule has 0 saturated carbocycles. The van der Waals surface area contributed by atoms with Crippen molar-refractivity contribution in [2.45, 2.75) is 0 Å². The van der Waals surface area contributed by atoms with Crippen molar-refractivity contribution in [2.75, 3.05) is 11.1 Å². The fourth-order valence-corrected chi connectivity index (χ4v) is 1.43. The van der Waals surface area contributed by atoms with Gasteiger partial charge in [0.25, 0.3) is 0 Å². The summed E-state index contributed by atoms with van der Waals surface area (Å²) in [6, 6.07) is 5.29. The van der Waals surface area contributed by atoms with Gasteiger partial charge in [-0.1, -0.05) is 6.07 Å². The summed E-state index contributed by atoms with van der Waals surface area (Å²) < 4.78 is 52.8. The Labute approximate surface area is 100 Å². The van der Waals surface area contributed by atoms with Gasteiger partial charge in [0, 0.05) is 0 Å². The SMILES string of the molecule is Nc1ccc(F)c(F)c1Nc1cccc(F)c1F. The molecule has 0 heterocycles. The van der Waals surface area contributed by atoms with Gasteiger partial charge in [0.2, 0.25) is 0 Å². The molecule has 0 aromatic heterocycles. The molecule has 0 atom stereocenters. The third-order valence-corrected chi connectivity index (χ3v) is 2.34. The quantitative estimate of drug-likeness (QED) is 0.636. The Kier molecular flexibility index (Phi) is 3.10. The van der Waals surface area contributed by atoms with Crippen molar-refractivity contribution in [2.24, 2.45) is 0 Å². The molecule has 0 aliphatic carbocycles. The summed E-state index contributed by atoms with van der Waals surface area (Å²) in [6.45, 7) is 0. The zero-order valence-corrected chi connectivity index (χ0v) is 8.98. The lowest BCUT2D eigenvalue weighted by atomic mass is 10.2. The van der Waals surface area contributed by atoms with Crippen LogP contribution in [0.3, 0.4) is 0 Å². The molecule has 0 aliphatic heterocycles. The first-order valence-corrected chi connectivity index (χ1v) is 4.95. The third-order valence-electron chi connectivity index (χ3n) is 2.34. The highest BCUT2D eigenvalue weighted by atomic mass is 19.2. The lowest BCUT2D eigenvalue weighted by molar-refractivity contribution is 0.508.